The van der Waals surface area contributed by atoms with Crippen LogP contribution in [0.15, 0.2) is 24.3 Å². The van der Waals surface area contributed by atoms with Gasteiger partial charge in [0.05, 0.1) is 7.11 Å². The number of nitrogens with one attached hydrogen (secondary N) is 2. The van der Waals surface area contributed by atoms with Crippen molar-refractivity contribution in [3.05, 3.63) is 29.8 Å². The van der Waals surface area contributed by atoms with Crippen LogP contribution in [0.2, 0.25) is 0 Å². The Hall–Kier alpha value is -1.71. The minimum Gasteiger partial charge on any atom is -0.453 e. The van der Waals surface area contributed by atoms with Gasteiger partial charge in [-0.05, 0) is 24.5 Å². The van der Waals surface area contributed by atoms with E-state index >= 15 is 0 Å². The van der Waals surface area contributed by atoms with Crippen LogP contribution in [-0.2, 0) is 11.2 Å². The first-order valence-corrected chi connectivity index (χ1v) is 4.98. The molecule has 80 valence electrons. The Kier molecular flexibility index (Phi) is 2.76. The molecule has 4 nitrogen and oxygen atoms in total. The number of anilines is 1. The van der Waals surface area contributed by atoms with E-state index in [1.54, 1.807) is 0 Å². The Morgan fingerprint density at radius 3 is 3.13 bits per heavy atom. The van der Waals surface area contributed by atoms with Gasteiger partial charge in [-0.15, -0.1) is 0 Å². The number of carbonyl (C=O) groups is 1. The molecule has 0 spiro atoms. The third-order valence-corrected chi connectivity index (χ3v) is 2.53. The summed E-state index contributed by atoms with van der Waals surface area (Å²) >= 11 is 0. The van der Waals surface area contributed by atoms with Gasteiger partial charge in [-0.2, -0.15) is 0 Å². The van der Waals surface area contributed by atoms with Crippen LogP contribution in [-0.4, -0.2) is 19.4 Å². The van der Waals surface area contributed by atoms with Gasteiger partial charge < -0.3 is 15.4 Å². The maximum atomic E-state index is 11.0. The SMILES string of the molecule is COC(=O)N[C@H]1CCc2ccccc2N1. The first-order valence-electron chi connectivity index (χ1n) is 4.98. The molecule has 0 saturated carbocycles. The molecule has 1 aromatic carbocycles. The van der Waals surface area contributed by atoms with Crippen molar-refractivity contribution in [2.45, 2.75) is 19.0 Å². The van der Waals surface area contributed by atoms with E-state index in [1.165, 1.54) is 12.7 Å². The lowest BCUT2D eigenvalue weighted by atomic mass is 10.0. The summed E-state index contributed by atoms with van der Waals surface area (Å²) in [6, 6.07) is 8.11. The second-order valence-corrected chi connectivity index (χ2v) is 3.53. The van der Waals surface area contributed by atoms with E-state index in [2.05, 4.69) is 21.4 Å². The quantitative estimate of drug-likeness (QED) is 0.735. The highest BCUT2D eigenvalue weighted by molar-refractivity contribution is 5.68. The summed E-state index contributed by atoms with van der Waals surface area (Å²) < 4.78 is 4.55. The number of benzene rings is 1. The smallest absolute Gasteiger partial charge is 0.408 e. The number of alkyl carbamates (subject to hydrolysis) is 1. The Balaban J connectivity index is 2.02. The second kappa shape index (κ2) is 4.21. The molecule has 1 amide bonds. The van der Waals surface area contributed by atoms with Crippen LogP contribution < -0.4 is 10.6 Å². The zero-order valence-corrected chi connectivity index (χ0v) is 8.62. The molecule has 4 heteroatoms. The van der Waals surface area contributed by atoms with Crippen molar-refractivity contribution in [1.29, 1.82) is 0 Å². The molecule has 0 radical (unpaired) electrons. The van der Waals surface area contributed by atoms with E-state index < -0.39 is 6.09 Å². The Morgan fingerprint density at radius 1 is 1.53 bits per heavy atom. The molecule has 2 N–H and O–H groups in total. The molecule has 0 fully saturated rings. The maximum absolute atomic E-state index is 11.0. The number of hydrogen-bond acceptors (Lipinski definition) is 3. The molecule has 1 aliphatic rings. The van der Waals surface area contributed by atoms with Gasteiger partial charge in [-0.1, -0.05) is 18.2 Å². The van der Waals surface area contributed by atoms with Crippen LogP contribution in [0.25, 0.3) is 0 Å². The van der Waals surface area contributed by atoms with Crippen molar-refractivity contribution < 1.29 is 9.53 Å². The van der Waals surface area contributed by atoms with Crippen molar-refractivity contribution in [3.63, 3.8) is 0 Å². The molecule has 0 aromatic heterocycles. The highest BCUT2D eigenvalue weighted by Crippen LogP contribution is 2.23. The van der Waals surface area contributed by atoms with Crippen LogP contribution in [0, 0.1) is 0 Å². The zero-order valence-electron chi connectivity index (χ0n) is 8.62. The molecule has 2 rings (SSSR count). The summed E-state index contributed by atoms with van der Waals surface area (Å²) in [5.74, 6) is 0. The fourth-order valence-electron chi connectivity index (χ4n) is 1.75. The molecule has 1 aliphatic heterocycles. The number of rotatable bonds is 1. The number of amides is 1. The molecule has 0 bridgehead atoms. The highest BCUT2D eigenvalue weighted by Gasteiger charge is 2.18. The van der Waals surface area contributed by atoms with Gasteiger partial charge in [0.25, 0.3) is 0 Å². The number of aryl methyl sites for hydroxylation is 1. The summed E-state index contributed by atoms with van der Waals surface area (Å²) in [6.07, 6.45) is 1.42. The van der Waals surface area contributed by atoms with Gasteiger partial charge in [0.2, 0.25) is 0 Å². The van der Waals surface area contributed by atoms with Crippen LogP contribution in [0.1, 0.15) is 12.0 Å². The molecule has 1 atom stereocenters. The van der Waals surface area contributed by atoms with Gasteiger partial charge in [-0.25, -0.2) is 4.79 Å². The fourth-order valence-corrected chi connectivity index (χ4v) is 1.75. The van der Waals surface area contributed by atoms with Gasteiger partial charge in [0, 0.05) is 5.69 Å². The molecular formula is C11H14N2O2. The Labute approximate surface area is 88.6 Å². The van der Waals surface area contributed by atoms with Crippen molar-refractivity contribution in [2.75, 3.05) is 12.4 Å². The summed E-state index contributed by atoms with van der Waals surface area (Å²) in [4.78, 5) is 11.0. The summed E-state index contributed by atoms with van der Waals surface area (Å²) in [6.45, 7) is 0. The third kappa shape index (κ3) is 2.21. The van der Waals surface area contributed by atoms with Crippen molar-refractivity contribution in [2.24, 2.45) is 0 Å². The molecule has 1 aromatic rings. The lowest BCUT2D eigenvalue weighted by Crippen LogP contribution is -2.42. The number of para-hydroxylation sites is 1. The first-order chi connectivity index (χ1) is 7.29. The second-order valence-electron chi connectivity index (χ2n) is 3.53. The van der Waals surface area contributed by atoms with Gasteiger partial charge >= 0.3 is 6.09 Å². The predicted molar refractivity (Wildman–Crippen MR) is 57.7 cm³/mol. The topological polar surface area (TPSA) is 50.4 Å². The van der Waals surface area contributed by atoms with Gasteiger partial charge in [0.1, 0.15) is 6.17 Å². The number of hydrogen-bond donors (Lipinski definition) is 2. The summed E-state index contributed by atoms with van der Waals surface area (Å²) in [5.41, 5.74) is 2.38. The van der Waals surface area contributed by atoms with Crippen molar-refractivity contribution in [1.82, 2.24) is 5.32 Å². The number of methoxy groups -OCH3 is 1. The minimum absolute atomic E-state index is 0.0349. The highest BCUT2D eigenvalue weighted by atomic mass is 16.5. The van der Waals surface area contributed by atoms with E-state index in [1.807, 2.05) is 18.2 Å². The van der Waals surface area contributed by atoms with E-state index in [4.69, 9.17) is 0 Å². The average Bonchev–Trinajstić information content (AvgIpc) is 2.29. The Morgan fingerprint density at radius 2 is 2.33 bits per heavy atom. The molecule has 15 heavy (non-hydrogen) atoms. The van der Waals surface area contributed by atoms with E-state index in [0.29, 0.717) is 0 Å². The van der Waals surface area contributed by atoms with Crippen molar-refractivity contribution in [3.8, 4) is 0 Å². The predicted octanol–water partition coefficient (Wildman–Crippen LogP) is 1.73. The minimum atomic E-state index is -0.396. The summed E-state index contributed by atoms with van der Waals surface area (Å²) in [7, 11) is 1.37. The van der Waals surface area contributed by atoms with E-state index in [-0.39, 0.29) is 6.17 Å². The van der Waals surface area contributed by atoms with Crippen LogP contribution in [0.4, 0.5) is 10.5 Å². The number of ether oxygens (including phenoxy) is 1. The standard InChI is InChI=1S/C11H14N2O2/c1-15-11(14)13-10-7-6-8-4-2-3-5-9(8)12-10/h2-5,10,12H,6-7H2,1H3,(H,13,14)/t10-/m0/s1. The van der Waals surface area contributed by atoms with Crippen LogP contribution >= 0.6 is 0 Å². The fraction of sp³-hybridized carbons (Fsp3) is 0.364. The molecule has 0 unspecified atom stereocenters. The normalized spacial score (nSPS) is 18.6. The first kappa shape index (κ1) is 9.83. The lowest BCUT2D eigenvalue weighted by Gasteiger charge is -2.27. The summed E-state index contributed by atoms with van der Waals surface area (Å²) in [5, 5.41) is 5.99. The lowest BCUT2D eigenvalue weighted by molar-refractivity contribution is 0.167. The number of fused-ring (bicyclic) bond motifs is 1. The molecule has 0 aliphatic carbocycles. The maximum Gasteiger partial charge on any atom is 0.408 e. The average molecular weight is 206 g/mol. The number of carbonyl (C=O) groups excluding carboxylic acids is 1. The third-order valence-electron chi connectivity index (χ3n) is 2.53. The van der Waals surface area contributed by atoms with Crippen LogP contribution in [0.5, 0.6) is 0 Å². The monoisotopic (exact) mass is 206 g/mol. The largest absolute Gasteiger partial charge is 0.453 e. The molecular weight excluding hydrogens is 192 g/mol. The molecule has 0 saturated heterocycles. The van der Waals surface area contributed by atoms with E-state index in [9.17, 15) is 4.79 Å². The van der Waals surface area contributed by atoms with Crippen molar-refractivity contribution >= 4 is 11.8 Å². The zero-order chi connectivity index (χ0) is 10.7. The van der Waals surface area contributed by atoms with Crippen LogP contribution in [0.3, 0.4) is 0 Å². The van der Waals surface area contributed by atoms with E-state index in [0.717, 1.165) is 18.5 Å². The van der Waals surface area contributed by atoms with Gasteiger partial charge in [0.15, 0.2) is 0 Å². The van der Waals surface area contributed by atoms with Gasteiger partial charge in [-0.3, -0.25) is 0 Å². The molecule has 1 heterocycles. The Bertz CT molecular complexity index is 365.